The van der Waals surface area contributed by atoms with Crippen molar-refractivity contribution in [1.29, 1.82) is 0 Å². The molecular weight excluding hydrogens is 536 g/mol. The lowest BCUT2D eigenvalue weighted by Crippen LogP contribution is -2.15. The Hall–Kier alpha value is -0.770. The van der Waals surface area contributed by atoms with Crippen LogP contribution in [0.1, 0.15) is 129 Å². The number of esters is 1. The molecule has 0 amide bonds. The highest BCUT2D eigenvalue weighted by molar-refractivity contribution is 5.69. The molecule has 0 aliphatic rings. The molecule has 42 heavy (non-hydrogen) atoms. The molecule has 0 aromatic rings. The van der Waals surface area contributed by atoms with Crippen LogP contribution in [0.25, 0.3) is 0 Å². The first-order valence-corrected chi connectivity index (χ1v) is 17.4. The number of rotatable bonds is 37. The van der Waals surface area contributed by atoms with E-state index in [1.54, 1.807) is 0 Å². The number of unbranched alkanes of at least 4 members (excludes halogenated alkanes) is 15. The summed E-state index contributed by atoms with van der Waals surface area (Å²) >= 11 is 0. The summed E-state index contributed by atoms with van der Waals surface area (Å²) in [5, 5.41) is 0. The van der Waals surface area contributed by atoms with Crippen molar-refractivity contribution in [3.8, 4) is 0 Å². The van der Waals surface area contributed by atoms with Gasteiger partial charge in [0.25, 0.3) is 0 Å². The molecule has 0 rings (SSSR count). The summed E-state index contributed by atoms with van der Waals surface area (Å²) < 4.78 is 38.2. The van der Waals surface area contributed by atoms with Crippen LogP contribution in [0.4, 0.5) is 0 Å². The van der Waals surface area contributed by atoms with Crippen molar-refractivity contribution in [3.05, 3.63) is 0 Å². The quantitative estimate of drug-likeness (QED) is 0.0527. The van der Waals surface area contributed by atoms with Crippen molar-refractivity contribution >= 4 is 5.97 Å². The minimum absolute atomic E-state index is 0.121. The van der Waals surface area contributed by atoms with Crippen LogP contribution in [-0.4, -0.2) is 91.9 Å². The van der Waals surface area contributed by atoms with Gasteiger partial charge in [-0.05, 0) is 12.8 Å². The minimum Gasteiger partial charge on any atom is -0.463 e. The highest BCUT2D eigenvalue weighted by Gasteiger charge is 2.03. The van der Waals surface area contributed by atoms with Crippen LogP contribution < -0.4 is 0 Å². The van der Waals surface area contributed by atoms with Crippen molar-refractivity contribution in [2.45, 2.75) is 129 Å². The number of hydrogen-bond donors (Lipinski definition) is 0. The first kappa shape index (κ1) is 41.2. The van der Waals surface area contributed by atoms with Gasteiger partial charge >= 0.3 is 5.97 Å². The summed E-state index contributed by atoms with van der Waals surface area (Å²) in [5.74, 6) is -0.121. The van der Waals surface area contributed by atoms with Gasteiger partial charge in [0.05, 0.1) is 72.7 Å². The lowest BCUT2D eigenvalue weighted by Gasteiger charge is -2.08. The molecule has 0 heterocycles. The summed E-state index contributed by atoms with van der Waals surface area (Å²) in [7, 11) is 0. The Balaban J connectivity index is 3.13. The standard InChI is InChI=1S/C34H68O8/c1-3-5-7-9-10-11-12-13-14-15-16-17-18-20-34(35)42-33-32-41-31-30-40-29-28-39-27-26-38-25-24-37-23-22-36-21-19-8-6-4-2/h3-33H2,1-2H3. The number of carbonyl (C=O) groups excluding carboxylic acids is 1. The molecule has 0 N–H and O–H groups in total. The molecule has 0 unspecified atom stereocenters. The van der Waals surface area contributed by atoms with Gasteiger partial charge in [0.2, 0.25) is 0 Å². The van der Waals surface area contributed by atoms with E-state index in [0.29, 0.717) is 85.7 Å². The Morgan fingerprint density at radius 1 is 0.333 bits per heavy atom. The molecule has 0 saturated heterocycles. The zero-order valence-corrected chi connectivity index (χ0v) is 27.7. The minimum atomic E-state index is -0.121. The molecule has 252 valence electrons. The normalized spacial score (nSPS) is 11.4. The zero-order valence-electron chi connectivity index (χ0n) is 27.7. The van der Waals surface area contributed by atoms with Gasteiger partial charge < -0.3 is 33.2 Å². The Morgan fingerprint density at radius 2 is 0.619 bits per heavy atom. The second-order valence-electron chi connectivity index (χ2n) is 10.9. The Morgan fingerprint density at radius 3 is 1.00 bits per heavy atom. The molecule has 0 spiro atoms. The van der Waals surface area contributed by atoms with E-state index in [2.05, 4.69) is 13.8 Å². The Bertz CT molecular complexity index is 506. The van der Waals surface area contributed by atoms with Crippen molar-refractivity contribution in [2.24, 2.45) is 0 Å². The fourth-order valence-electron chi connectivity index (χ4n) is 4.41. The summed E-state index contributed by atoms with van der Waals surface area (Å²) in [6.45, 7) is 11.5. The van der Waals surface area contributed by atoms with Gasteiger partial charge in [0.1, 0.15) is 6.61 Å². The fourth-order valence-corrected chi connectivity index (χ4v) is 4.41. The monoisotopic (exact) mass is 604 g/mol. The van der Waals surface area contributed by atoms with E-state index in [9.17, 15) is 4.79 Å². The molecule has 0 aromatic carbocycles. The van der Waals surface area contributed by atoms with Crippen LogP contribution >= 0.6 is 0 Å². The van der Waals surface area contributed by atoms with E-state index in [0.717, 1.165) is 25.9 Å². The fraction of sp³-hybridized carbons (Fsp3) is 0.971. The predicted octanol–water partition coefficient (Wildman–Crippen LogP) is 7.69. The van der Waals surface area contributed by atoms with Gasteiger partial charge in [0.15, 0.2) is 0 Å². The summed E-state index contributed by atoms with van der Waals surface area (Å²) in [5.41, 5.74) is 0. The van der Waals surface area contributed by atoms with Crippen molar-refractivity contribution < 1.29 is 38.0 Å². The third-order valence-corrected chi connectivity index (χ3v) is 6.98. The van der Waals surface area contributed by atoms with E-state index < -0.39 is 0 Å². The SMILES string of the molecule is CCCCCCCCCCCCCCCC(=O)OCCOCCOCCOCCOCCOCCOCCCCCC. The molecule has 0 saturated carbocycles. The van der Waals surface area contributed by atoms with Gasteiger partial charge in [-0.25, -0.2) is 0 Å². The van der Waals surface area contributed by atoms with E-state index in [1.165, 1.54) is 89.9 Å². The molecule has 8 heteroatoms. The van der Waals surface area contributed by atoms with E-state index >= 15 is 0 Å². The van der Waals surface area contributed by atoms with E-state index in [1.807, 2.05) is 0 Å². The first-order valence-electron chi connectivity index (χ1n) is 17.4. The topological polar surface area (TPSA) is 81.7 Å². The average molecular weight is 605 g/mol. The summed E-state index contributed by atoms with van der Waals surface area (Å²) in [4.78, 5) is 11.8. The highest BCUT2D eigenvalue weighted by Crippen LogP contribution is 2.13. The number of carbonyl (C=O) groups is 1. The average Bonchev–Trinajstić information content (AvgIpc) is 3.00. The van der Waals surface area contributed by atoms with Crippen LogP contribution in [0.2, 0.25) is 0 Å². The molecular formula is C34H68O8. The van der Waals surface area contributed by atoms with Crippen molar-refractivity contribution in [2.75, 3.05) is 85.9 Å². The smallest absolute Gasteiger partial charge is 0.305 e. The molecule has 0 fully saturated rings. The lowest BCUT2D eigenvalue weighted by molar-refractivity contribution is -0.145. The number of ether oxygens (including phenoxy) is 7. The second-order valence-corrected chi connectivity index (χ2v) is 10.9. The molecule has 0 aliphatic carbocycles. The van der Waals surface area contributed by atoms with Gasteiger partial charge in [-0.15, -0.1) is 0 Å². The van der Waals surface area contributed by atoms with Crippen LogP contribution in [0, 0.1) is 0 Å². The van der Waals surface area contributed by atoms with E-state index in [-0.39, 0.29) is 5.97 Å². The van der Waals surface area contributed by atoms with Gasteiger partial charge in [-0.2, -0.15) is 0 Å². The van der Waals surface area contributed by atoms with Crippen LogP contribution in [0.3, 0.4) is 0 Å². The molecule has 0 bridgehead atoms. The van der Waals surface area contributed by atoms with Crippen LogP contribution in [0.5, 0.6) is 0 Å². The third-order valence-electron chi connectivity index (χ3n) is 6.98. The predicted molar refractivity (Wildman–Crippen MR) is 170 cm³/mol. The summed E-state index contributed by atoms with van der Waals surface area (Å²) in [6, 6.07) is 0. The molecule has 8 nitrogen and oxygen atoms in total. The van der Waals surface area contributed by atoms with Gasteiger partial charge in [-0.3, -0.25) is 4.79 Å². The maximum Gasteiger partial charge on any atom is 0.305 e. The van der Waals surface area contributed by atoms with Crippen LogP contribution in [-0.2, 0) is 38.0 Å². The second kappa shape index (κ2) is 38.3. The maximum atomic E-state index is 11.8. The lowest BCUT2D eigenvalue weighted by atomic mass is 10.0. The Kier molecular flexibility index (Phi) is 37.6. The van der Waals surface area contributed by atoms with Gasteiger partial charge in [0, 0.05) is 13.0 Å². The summed E-state index contributed by atoms with van der Waals surface area (Å²) in [6.07, 6.45) is 22.3. The third kappa shape index (κ3) is 37.3. The largest absolute Gasteiger partial charge is 0.463 e. The Labute approximate surface area is 259 Å². The molecule has 0 aromatic heterocycles. The van der Waals surface area contributed by atoms with Crippen molar-refractivity contribution in [1.82, 2.24) is 0 Å². The van der Waals surface area contributed by atoms with E-state index in [4.69, 9.17) is 33.2 Å². The van der Waals surface area contributed by atoms with Crippen molar-refractivity contribution in [3.63, 3.8) is 0 Å². The maximum absolute atomic E-state index is 11.8. The van der Waals surface area contributed by atoms with Gasteiger partial charge in [-0.1, -0.05) is 110 Å². The number of hydrogen-bond acceptors (Lipinski definition) is 8. The molecule has 0 radical (unpaired) electrons. The molecule has 0 atom stereocenters. The van der Waals surface area contributed by atoms with Crippen LogP contribution in [0.15, 0.2) is 0 Å². The molecule has 0 aliphatic heterocycles. The zero-order chi connectivity index (χ0) is 30.4. The first-order chi connectivity index (χ1) is 20.8. The highest BCUT2D eigenvalue weighted by atomic mass is 16.6.